The molecule has 0 saturated heterocycles. The highest BCUT2D eigenvalue weighted by Crippen LogP contribution is 2.28. The molecule has 0 fully saturated rings. The number of nitrogens with zero attached hydrogens (tertiary/aromatic N) is 1. The van der Waals surface area contributed by atoms with Crippen LogP contribution in [0.3, 0.4) is 0 Å². The number of nitrogens with one attached hydrogen (secondary N) is 1. The fourth-order valence-corrected chi connectivity index (χ4v) is 2.97. The van der Waals surface area contributed by atoms with E-state index in [1.54, 1.807) is 24.4 Å². The molecule has 3 aromatic rings. The Balaban J connectivity index is 1.56. The first-order valence-electron chi connectivity index (χ1n) is 9.17. The quantitative estimate of drug-likeness (QED) is 0.359. The maximum absolute atomic E-state index is 12.3. The normalized spacial score (nSPS) is 10.8. The summed E-state index contributed by atoms with van der Waals surface area (Å²) in [6, 6.07) is 18.8. The molecular weight excluding hydrogens is 368 g/mol. The second-order valence-electron chi connectivity index (χ2n) is 6.35. The predicted octanol–water partition coefficient (Wildman–Crippen LogP) is 3.97. The molecule has 6 heteroatoms. The van der Waals surface area contributed by atoms with Gasteiger partial charge in [-0.25, -0.2) is 5.43 Å². The Morgan fingerprint density at radius 1 is 0.931 bits per heavy atom. The standard InChI is InChI=1S/C23H22N2O4/c1-28-21-12-10-17(14-22(21)29-2)20(26)11-13-23(27)25-24-15-18-8-5-7-16-6-3-4-9-19(16)18/h3-10,12,14-15H,11,13H2,1-2H3,(H,25,27)/b24-15+. The van der Waals surface area contributed by atoms with Gasteiger partial charge in [0.1, 0.15) is 0 Å². The lowest BCUT2D eigenvalue weighted by Crippen LogP contribution is -2.18. The predicted molar refractivity (Wildman–Crippen MR) is 113 cm³/mol. The molecule has 3 aromatic carbocycles. The molecule has 0 unspecified atom stereocenters. The third-order valence-electron chi connectivity index (χ3n) is 4.50. The van der Waals surface area contributed by atoms with Crippen molar-refractivity contribution in [3.05, 3.63) is 71.8 Å². The number of Topliss-reactive ketones (excluding diaryl/α,β-unsaturated/α-hetero) is 1. The smallest absolute Gasteiger partial charge is 0.240 e. The summed E-state index contributed by atoms with van der Waals surface area (Å²) in [5.41, 5.74) is 3.85. The SMILES string of the molecule is COc1ccc(C(=O)CCC(=O)N/N=C/c2cccc3ccccc23)cc1OC. The lowest BCUT2D eigenvalue weighted by molar-refractivity contribution is -0.121. The Bertz CT molecular complexity index is 1050. The molecule has 0 aliphatic rings. The fourth-order valence-electron chi connectivity index (χ4n) is 2.97. The summed E-state index contributed by atoms with van der Waals surface area (Å²) in [6.45, 7) is 0. The van der Waals surface area contributed by atoms with Crippen molar-refractivity contribution in [2.45, 2.75) is 12.8 Å². The van der Waals surface area contributed by atoms with Gasteiger partial charge in [0.2, 0.25) is 5.91 Å². The van der Waals surface area contributed by atoms with Gasteiger partial charge in [-0.2, -0.15) is 5.10 Å². The van der Waals surface area contributed by atoms with E-state index in [-0.39, 0.29) is 24.5 Å². The highest BCUT2D eigenvalue weighted by molar-refractivity contribution is 6.00. The van der Waals surface area contributed by atoms with E-state index in [0.29, 0.717) is 17.1 Å². The lowest BCUT2D eigenvalue weighted by Gasteiger charge is -2.09. The molecule has 29 heavy (non-hydrogen) atoms. The third-order valence-corrected chi connectivity index (χ3v) is 4.50. The van der Waals surface area contributed by atoms with Crippen LogP contribution in [0.5, 0.6) is 11.5 Å². The zero-order valence-electron chi connectivity index (χ0n) is 16.3. The van der Waals surface area contributed by atoms with Crippen molar-refractivity contribution in [2.24, 2.45) is 5.10 Å². The second kappa shape index (κ2) is 9.50. The van der Waals surface area contributed by atoms with Crippen LogP contribution in [0.25, 0.3) is 10.8 Å². The van der Waals surface area contributed by atoms with Gasteiger partial charge in [-0.3, -0.25) is 9.59 Å². The Morgan fingerprint density at radius 2 is 1.69 bits per heavy atom. The summed E-state index contributed by atoms with van der Waals surface area (Å²) in [6.07, 6.45) is 1.72. The minimum Gasteiger partial charge on any atom is -0.493 e. The molecule has 0 aliphatic heterocycles. The van der Waals surface area contributed by atoms with Crippen molar-refractivity contribution in [3.8, 4) is 11.5 Å². The number of hydrogen-bond donors (Lipinski definition) is 1. The van der Waals surface area contributed by atoms with E-state index >= 15 is 0 Å². The Hall–Kier alpha value is -3.67. The van der Waals surface area contributed by atoms with Gasteiger partial charge in [0, 0.05) is 24.0 Å². The summed E-state index contributed by atoms with van der Waals surface area (Å²) < 4.78 is 10.4. The van der Waals surface area contributed by atoms with Crippen LogP contribution in [0.1, 0.15) is 28.8 Å². The van der Waals surface area contributed by atoms with Crippen molar-refractivity contribution >= 4 is 28.7 Å². The molecule has 0 aliphatic carbocycles. The molecule has 0 heterocycles. The average molecular weight is 390 g/mol. The molecule has 0 saturated carbocycles. The van der Waals surface area contributed by atoms with E-state index in [4.69, 9.17) is 9.47 Å². The van der Waals surface area contributed by atoms with Crippen LogP contribution in [0.15, 0.2) is 65.8 Å². The Kier molecular flexibility index (Phi) is 6.58. The number of amides is 1. The Morgan fingerprint density at radius 3 is 2.48 bits per heavy atom. The average Bonchev–Trinajstić information content (AvgIpc) is 2.77. The zero-order chi connectivity index (χ0) is 20.6. The molecule has 0 spiro atoms. The zero-order valence-corrected chi connectivity index (χ0v) is 16.3. The van der Waals surface area contributed by atoms with Gasteiger partial charge < -0.3 is 9.47 Å². The topological polar surface area (TPSA) is 77.0 Å². The van der Waals surface area contributed by atoms with E-state index in [0.717, 1.165) is 16.3 Å². The maximum Gasteiger partial charge on any atom is 0.240 e. The van der Waals surface area contributed by atoms with Crippen LogP contribution in [0.4, 0.5) is 0 Å². The first-order valence-corrected chi connectivity index (χ1v) is 9.17. The third kappa shape index (κ3) is 4.99. The highest BCUT2D eigenvalue weighted by atomic mass is 16.5. The molecule has 0 bridgehead atoms. The summed E-state index contributed by atoms with van der Waals surface area (Å²) >= 11 is 0. The monoisotopic (exact) mass is 390 g/mol. The number of rotatable bonds is 8. The lowest BCUT2D eigenvalue weighted by atomic mass is 10.1. The largest absolute Gasteiger partial charge is 0.493 e. The molecule has 1 amide bonds. The number of benzene rings is 3. The number of hydrazone groups is 1. The number of hydrogen-bond acceptors (Lipinski definition) is 5. The maximum atomic E-state index is 12.3. The van der Waals surface area contributed by atoms with Gasteiger partial charge >= 0.3 is 0 Å². The summed E-state index contributed by atoms with van der Waals surface area (Å²) in [4.78, 5) is 24.4. The van der Waals surface area contributed by atoms with Crippen LogP contribution >= 0.6 is 0 Å². The van der Waals surface area contributed by atoms with Crippen LogP contribution in [-0.2, 0) is 4.79 Å². The van der Waals surface area contributed by atoms with Gasteiger partial charge in [-0.1, -0.05) is 42.5 Å². The first kappa shape index (κ1) is 20.1. The Labute approximate surface area is 169 Å². The van der Waals surface area contributed by atoms with Gasteiger partial charge in [0.25, 0.3) is 0 Å². The first-order chi connectivity index (χ1) is 14.1. The van der Waals surface area contributed by atoms with Crippen molar-refractivity contribution in [1.82, 2.24) is 5.43 Å². The second-order valence-corrected chi connectivity index (χ2v) is 6.35. The van der Waals surface area contributed by atoms with E-state index < -0.39 is 0 Å². The van der Waals surface area contributed by atoms with E-state index in [9.17, 15) is 9.59 Å². The molecule has 0 radical (unpaired) electrons. The van der Waals surface area contributed by atoms with Crippen LogP contribution < -0.4 is 14.9 Å². The van der Waals surface area contributed by atoms with Crippen molar-refractivity contribution < 1.29 is 19.1 Å². The number of ether oxygens (including phenoxy) is 2. The minimum atomic E-state index is -0.324. The van der Waals surface area contributed by atoms with Crippen LogP contribution in [0, 0.1) is 0 Å². The molecule has 3 rings (SSSR count). The molecular formula is C23H22N2O4. The number of ketones is 1. The van der Waals surface area contributed by atoms with Crippen LogP contribution in [-0.4, -0.2) is 32.1 Å². The highest BCUT2D eigenvalue weighted by Gasteiger charge is 2.12. The number of fused-ring (bicyclic) bond motifs is 1. The summed E-state index contributed by atoms with van der Waals surface area (Å²) in [5.74, 6) is 0.543. The van der Waals surface area contributed by atoms with E-state index in [1.165, 1.54) is 14.2 Å². The molecule has 148 valence electrons. The minimum absolute atomic E-state index is 0.0417. The van der Waals surface area contributed by atoms with E-state index in [1.807, 2.05) is 42.5 Å². The molecule has 1 N–H and O–H groups in total. The van der Waals surface area contributed by atoms with Gasteiger partial charge in [0.15, 0.2) is 17.3 Å². The number of carbonyl (C=O) groups excluding carboxylic acids is 2. The molecule has 0 aromatic heterocycles. The van der Waals surface area contributed by atoms with Crippen molar-refractivity contribution in [2.75, 3.05) is 14.2 Å². The van der Waals surface area contributed by atoms with Gasteiger partial charge in [0.05, 0.1) is 20.4 Å². The van der Waals surface area contributed by atoms with Gasteiger partial charge in [-0.15, -0.1) is 0 Å². The van der Waals surface area contributed by atoms with E-state index in [2.05, 4.69) is 10.5 Å². The molecule has 6 nitrogen and oxygen atoms in total. The van der Waals surface area contributed by atoms with Gasteiger partial charge in [-0.05, 0) is 29.0 Å². The fraction of sp³-hybridized carbons (Fsp3) is 0.174. The summed E-state index contributed by atoms with van der Waals surface area (Å²) in [7, 11) is 3.04. The van der Waals surface area contributed by atoms with Crippen molar-refractivity contribution in [3.63, 3.8) is 0 Å². The van der Waals surface area contributed by atoms with Crippen LogP contribution in [0.2, 0.25) is 0 Å². The number of methoxy groups -OCH3 is 2. The molecule has 0 atom stereocenters. The number of carbonyl (C=O) groups is 2. The van der Waals surface area contributed by atoms with Crippen molar-refractivity contribution in [1.29, 1.82) is 0 Å². The summed E-state index contributed by atoms with van der Waals surface area (Å²) in [5, 5.41) is 6.17.